The molecule has 3 nitrogen and oxygen atoms in total. The average molecular weight is 294 g/mol. The molecule has 1 N–H and O–H groups in total. The SMILES string of the molecule is C[C@@H]1CCCN(C(=O)c2ccccc2Nc2ccccc2)C1. The highest BCUT2D eigenvalue weighted by Gasteiger charge is 2.23. The maximum atomic E-state index is 12.8. The molecule has 2 aromatic rings. The molecule has 1 saturated heterocycles. The van der Waals surface area contributed by atoms with Crippen LogP contribution in [0, 0.1) is 5.92 Å². The number of benzene rings is 2. The molecule has 1 heterocycles. The number of rotatable bonds is 3. The molecular formula is C19H22N2O. The Balaban J connectivity index is 1.83. The second-order valence-corrected chi connectivity index (χ2v) is 6.04. The highest BCUT2D eigenvalue weighted by molar-refractivity contribution is 6.00. The number of anilines is 2. The highest BCUT2D eigenvalue weighted by Crippen LogP contribution is 2.24. The molecule has 1 aliphatic heterocycles. The first-order valence-electron chi connectivity index (χ1n) is 7.94. The number of piperidine rings is 1. The Morgan fingerprint density at radius 2 is 1.82 bits per heavy atom. The molecule has 3 rings (SSSR count). The summed E-state index contributed by atoms with van der Waals surface area (Å²) in [7, 11) is 0. The van der Waals surface area contributed by atoms with Crippen molar-refractivity contribution in [3.63, 3.8) is 0 Å². The summed E-state index contributed by atoms with van der Waals surface area (Å²) in [6, 6.07) is 17.7. The predicted molar refractivity (Wildman–Crippen MR) is 90.5 cm³/mol. The fraction of sp³-hybridized carbons (Fsp3) is 0.316. The molecule has 0 unspecified atom stereocenters. The normalized spacial score (nSPS) is 18.0. The van der Waals surface area contributed by atoms with Crippen LogP contribution in [0.2, 0.25) is 0 Å². The summed E-state index contributed by atoms with van der Waals surface area (Å²) < 4.78 is 0. The van der Waals surface area contributed by atoms with Crippen LogP contribution in [0.15, 0.2) is 54.6 Å². The molecule has 1 atom stereocenters. The Kier molecular flexibility index (Phi) is 4.42. The zero-order valence-corrected chi connectivity index (χ0v) is 13.0. The number of hydrogen-bond donors (Lipinski definition) is 1. The van der Waals surface area contributed by atoms with Crippen molar-refractivity contribution >= 4 is 17.3 Å². The molecule has 1 aliphatic rings. The van der Waals surface area contributed by atoms with Crippen molar-refractivity contribution in [1.29, 1.82) is 0 Å². The number of para-hydroxylation sites is 2. The minimum absolute atomic E-state index is 0.130. The number of amides is 1. The van der Waals surface area contributed by atoms with Gasteiger partial charge in [-0.3, -0.25) is 4.79 Å². The van der Waals surface area contributed by atoms with E-state index >= 15 is 0 Å². The van der Waals surface area contributed by atoms with Gasteiger partial charge in [0.15, 0.2) is 0 Å². The number of carbonyl (C=O) groups excluding carboxylic acids is 1. The molecule has 0 radical (unpaired) electrons. The second-order valence-electron chi connectivity index (χ2n) is 6.04. The molecule has 0 aliphatic carbocycles. The van der Waals surface area contributed by atoms with E-state index < -0.39 is 0 Å². The van der Waals surface area contributed by atoms with Crippen molar-refractivity contribution < 1.29 is 4.79 Å². The Hall–Kier alpha value is -2.29. The zero-order valence-electron chi connectivity index (χ0n) is 13.0. The second kappa shape index (κ2) is 6.65. The molecule has 22 heavy (non-hydrogen) atoms. The van der Waals surface area contributed by atoms with Crippen LogP contribution < -0.4 is 5.32 Å². The zero-order chi connectivity index (χ0) is 15.4. The van der Waals surface area contributed by atoms with Gasteiger partial charge in [-0.15, -0.1) is 0 Å². The monoisotopic (exact) mass is 294 g/mol. The average Bonchev–Trinajstić information content (AvgIpc) is 2.56. The van der Waals surface area contributed by atoms with E-state index in [1.165, 1.54) is 6.42 Å². The smallest absolute Gasteiger partial charge is 0.255 e. The minimum atomic E-state index is 0.130. The summed E-state index contributed by atoms with van der Waals surface area (Å²) >= 11 is 0. The number of hydrogen-bond acceptors (Lipinski definition) is 2. The van der Waals surface area contributed by atoms with E-state index in [1.807, 2.05) is 59.5 Å². The van der Waals surface area contributed by atoms with Gasteiger partial charge in [-0.1, -0.05) is 37.3 Å². The fourth-order valence-corrected chi connectivity index (χ4v) is 3.00. The fourth-order valence-electron chi connectivity index (χ4n) is 3.00. The van der Waals surface area contributed by atoms with Gasteiger partial charge in [0.05, 0.1) is 11.3 Å². The lowest BCUT2D eigenvalue weighted by molar-refractivity contribution is 0.0684. The lowest BCUT2D eigenvalue weighted by atomic mass is 9.99. The molecule has 1 amide bonds. The van der Waals surface area contributed by atoms with Crippen LogP contribution in [-0.2, 0) is 0 Å². The first kappa shape index (κ1) is 14.6. The van der Waals surface area contributed by atoms with Gasteiger partial charge >= 0.3 is 0 Å². The van der Waals surface area contributed by atoms with Gasteiger partial charge in [-0.25, -0.2) is 0 Å². The third-order valence-electron chi connectivity index (χ3n) is 4.15. The van der Waals surface area contributed by atoms with Crippen LogP contribution in [0.5, 0.6) is 0 Å². The van der Waals surface area contributed by atoms with Crippen LogP contribution in [0.1, 0.15) is 30.1 Å². The number of nitrogens with zero attached hydrogens (tertiary/aromatic N) is 1. The maximum absolute atomic E-state index is 12.8. The summed E-state index contributed by atoms with van der Waals surface area (Å²) in [5.41, 5.74) is 2.62. The minimum Gasteiger partial charge on any atom is -0.355 e. The van der Waals surface area contributed by atoms with Crippen molar-refractivity contribution in [2.45, 2.75) is 19.8 Å². The Labute approximate surface area is 132 Å². The van der Waals surface area contributed by atoms with E-state index in [2.05, 4.69) is 12.2 Å². The van der Waals surface area contributed by atoms with Gasteiger partial charge in [-0.05, 0) is 43.0 Å². The highest BCUT2D eigenvalue weighted by atomic mass is 16.2. The van der Waals surface area contributed by atoms with Crippen LogP contribution in [-0.4, -0.2) is 23.9 Å². The van der Waals surface area contributed by atoms with Crippen LogP contribution in [0.4, 0.5) is 11.4 Å². The van der Waals surface area contributed by atoms with Crippen LogP contribution >= 0.6 is 0 Å². The van der Waals surface area contributed by atoms with E-state index in [9.17, 15) is 4.79 Å². The Bertz CT molecular complexity index is 639. The van der Waals surface area contributed by atoms with Gasteiger partial charge in [0.25, 0.3) is 5.91 Å². The van der Waals surface area contributed by atoms with E-state index in [1.54, 1.807) is 0 Å². The van der Waals surface area contributed by atoms with Gasteiger partial charge < -0.3 is 10.2 Å². The summed E-state index contributed by atoms with van der Waals surface area (Å²) in [5.74, 6) is 0.720. The summed E-state index contributed by atoms with van der Waals surface area (Å²) in [6.45, 7) is 3.94. The lowest BCUT2D eigenvalue weighted by Gasteiger charge is -2.31. The Morgan fingerprint density at radius 3 is 2.59 bits per heavy atom. The van der Waals surface area contributed by atoms with Gasteiger partial charge in [-0.2, -0.15) is 0 Å². The first-order valence-corrected chi connectivity index (χ1v) is 7.94. The number of likely N-dealkylation sites (tertiary alicyclic amines) is 1. The molecule has 0 bridgehead atoms. The van der Waals surface area contributed by atoms with Gasteiger partial charge in [0.2, 0.25) is 0 Å². The molecule has 3 heteroatoms. The summed E-state index contributed by atoms with van der Waals surface area (Å²) in [4.78, 5) is 14.8. The van der Waals surface area contributed by atoms with Crippen LogP contribution in [0.25, 0.3) is 0 Å². The molecule has 0 saturated carbocycles. The van der Waals surface area contributed by atoms with Crippen molar-refractivity contribution in [1.82, 2.24) is 4.90 Å². The number of carbonyl (C=O) groups is 1. The Morgan fingerprint density at radius 1 is 1.09 bits per heavy atom. The largest absolute Gasteiger partial charge is 0.355 e. The molecule has 0 spiro atoms. The topological polar surface area (TPSA) is 32.3 Å². The van der Waals surface area contributed by atoms with E-state index in [0.717, 1.165) is 36.4 Å². The summed E-state index contributed by atoms with van der Waals surface area (Å²) in [5, 5.41) is 3.36. The van der Waals surface area contributed by atoms with Crippen LogP contribution in [0.3, 0.4) is 0 Å². The van der Waals surface area contributed by atoms with E-state index in [-0.39, 0.29) is 5.91 Å². The quantitative estimate of drug-likeness (QED) is 0.915. The van der Waals surface area contributed by atoms with Gasteiger partial charge in [0, 0.05) is 18.8 Å². The van der Waals surface area contributed by atoms with E-state index in [0.29, 0.717) is 5.92 Å². The predicted octanol–water partition coefficient (Wildman–Crippen LogP) is 4.30. The first-order chi connectivity index (χ1) is 10.7. The maximum Gasteiger partial charge on any atom is 0.255 e. The van der Waals surface area contributed by atoms with Crippen molar-refractivity contribution in [3.8, 4) is 0 Å². The molecule has 1 fully saturated rings. The van der Waals surface area contributed by atoms with Crippen molar-refractivity contribution in [2.24, 2.45) is 5.92 Å². The standard InChI is InChI=1S/C19H22N2O/c1-15-8-7-13-21(14-15)19(22)17-11-5-6-12-18(17)20-16-9-3-2-4-10-16/h2-6,9-12,15,20H,7-8,13-14H2,1H3/t15-/m1/s1. The van der Waals surface area contributed by atoms with Crippen molar-refractivity contribution in [3.05, 3.63) is 60.2 Å². The summed E-state index contributed by atoms with van der Waals surface area (Å²) in [6.07, 6.45) is 2.31. The van der Waals surface area contributed by atoms with E-state index in [4.69, 9.17) is 0 Å². The molecule has 0 aromatic heterocycles. The molecule has 114 valence electrons. The molecule has 2 aromatic carbocycles. The third kappa shape index (κ3) is 3.30. The lowest BCUT2D eigenvalue weighted by Crippen LogP contribution is -2.39. The van der Waals surface area contributed by atoms with Crippen molar-refractivity contribution in [2.75, 3.05) is 18.4 Å². The number of nitrogens with one attached hydrogen (secondary N) is 1. The third-order valence-corrected chi connectivity index (χ3v) is 4.15. The van der Waals surface area contributed by atoms with Gasteiger partial charge in [0.1, 0.15) is 0 Å². The molecular weight excluding hydrogens is 272 g/mol.